The van der Waals surface area contributed by atoms with Crippen LogP contribution in [0.2, 0.25) is 0 Å². The largest absolute Gasteiger partial charge is 0.391 e. The quantitative estimate of drug-likeness (QED) is 0.0474. The number of sulfonamides is 1. The molecule has 4 aliphatic carbocycles. The summed E-state index contributed by atoms with van der Waals surface area (Å²) >= 11 is 2.95. The van der Waals surface area contributed by atoms with Gasteiger partial charge in [-0.3, -0.25) is 34.0 Å². The van der Waals surface area contributed by atoms with Gasteiger partial charge in [0.15, 0.2) is 5.13 Å². The molecule has 4 bridgehead atoms. The Balaban J connectivity index is 0.712. The molecule has 2 aliphatic heterocycles. The zero-order chi connectivity index (χ0) is 61.8. The maximum absolute atomic E-state index is 14.7. The average molecular weight is 1250 g/mol. The minimum absolute atomic E-state index is 0.00904. The molecule has 6 heterocycles. The van der Waals surface area contributed by atoms with E-state index in [2.05, 4.69) is 35.3 Å². The second-order valence-electron chi connectivity index (χ2n) is 26.4. The highest BCUT2D eigenvalue weighted by atomic mass is 32.2. The highest BCUT2D eigenvalue weighted by Gasteiger charge is 2.51. The molecule has 0 spiro atoms. The van der Waals surface area contributed by atoms with Gasteiger partial charge in [0.2, 0.25) is 27.7 Å². The number of aromatic nitrogens is 5. The van der Waals surface area contributed by atoms with E-state index < -0.39 is 69.0 Å². The monoisotopic (exact) mass is 1250 g/mol. The van der Waals surface area contributed by atoms with Crippen molar-refractivity contribution < 1.29 is 37.5 Å². The fourth-order valence-corrected chi connectivity index (χ4v) is 17.6. The minimum atomic E-state index is -4.30. The van der Waals surface area contributed by atoms with Crippen molar-refractivity contribution in [3.8, 4) is 21.6 Å². The molecule has 3 aromatic carbocycles. The number of amides is 5. The van der Waals surface area contributed by atoms with E-state index in [1.54, 1.807) is 49.9 Å². The predicted octanol–water partition coefficient (Wildman–Crippen LogP) is 9.93. The van der Waals surface area contributed by atoms with Crippen LogP contribution in [0.15, 0.2) is 90.6 Å². The number of aliphatic hydroxyl groups excluding tert-OH is 1. The first-order valence-corrected chi connectivity index (χ1v) is 34.1. The third-order valence-corrected chi connectivity index (χ3v) is 22.1. The third-order valence-electron chi connectivity index (χ3n) is 18.9. The number of β-amino-alcohol motifs (C(OH)–C–C–N with tert-alkyl or cyclic N) is 1. The van der Waals surface area contributed by atoms with Crippen LogP contribution in [0.5, 0.6) is 0 Å². The summed E-state index contributed by atoms with van der Waals surface area (Å²) in [6.07, 6.45) is 8.96. The van der Waals surface area contributed by atoms with Gasteiger partial charge in [-0.25, -0.2) is 28.1 Å². The number of unbranched alkanes of at least 4 members (excludes halogenated alkanes) is 1. The summed E-state index contributed by atoms with van der Waals surface area (Å²) in [7, 11) is -4.30. The van der Waals surface area contributed by atoms with Crippen molar-refractivity contribution in [3.05, 3.63) is 130 Å². The number of anilines is 2. The number of pyridine rings is 1. The van der Waals surface area contributed by atoms with Crippen LogP contribution in [-0.2, 0) is 43.9 Å². The Kier molecular flexibility index (Phi) is 17.0. The summed E-state index contributed by atoms with van der Waals surface area (Å²) in [5, 5.41) is 25.1. The van der Waals surface area contributed by atoms with Crippen LogP contribution in [0, 0.1) is 42.4 Å². The van der Waals surface area contributed by atoms with E-state index in [1.165, 1.54) is 54.8 Å². The zero-order valence-electron chi connectivity index (χ0n) is 50.7. The van der Waals surface area contributed by atoms with Crippen molar-refractivity contribution in [1.29, 1.82) is 0 Å². The van der Waals surface area contributed by atoms with E-state index in [9.17, 15) is 37.5 Å². The molecular weight excluding hydrogens is 1170 g/mol. The molecule has 462 valence electrons. The van der Waals surface area contributed by atoms with Gasteiger partial charge >= 0.3 is 0 Å². The maximum Gasteiger partial charge on any atom is 0.284 e. The zero-order valence-corrected chi connectivity index (χ0v) is 53.1. The predicted molar refractivity (Wildman–Crippen MR) is 341 cm³/mol. The van der Waals surface area contributed by atoms with Crippen LogP contribution in [-0.4, -0.2) is 110 Å². The number of hydrogen-bond acceptors (Lipinski definition) is 15. The maximum atomic E-state index is 14.7. The first kappa shape index (κ1) is 60.9. The van der Waals surface area contributed by atoms with Crippen molar-refractivity contribution >= 4 is 83.4 Å². The van der Waals surface area contributed by atoms with E-state index in [0.29, 0.717) is 47.2 Å². The molecule has 4 atom stereocenters. The fourth-order valence-electron chi connectivity index (χ4n) is 14.8. The van der Waals surface area contributed by atoms with Gasteiger partial charge in [0, 0.05) is 61.4 Å². The van der Waals surface area contributed by atoms with Crippen LogP contribution in [0.3, 0.4) is 0 Å². The Morgan fingerprint density at radius 1 is 0.841 bits per heavy atom. The summed E-state index contributed by atoms with van der Waals surface area (Å²) in [6, 6.07) is 22.4. The summed E-state index contributed by atoms with van der Waals surface area (Å²) in [4.78, 5) is 89.0. The molecule has 7 aromatic rings. The van der Waals surface area contributed by atoms with Gasteiger partial charge in [-0.2, -0.15) is 5.10 Å². The number of benzene rings is 3. The lowest BCUT2D eigenvalue weighted by molar-refractivity contribution is -0.144. The standard InChI is InChI=1S/C66H77N11O8S3/c1-38(44-17-19-46(20-18-44)58-39(2)67-37-86-58)69-61(81)53-29-47(78)34-76(53)63(83)59(65(4,5)6)72-56(79)16-9-10-25-88(84,85)74-62(82)57-48(50-33-68-77(40(50)3)36-66-30-41-26-42(31-66)28-43(27-41)32-66)21-22-55(71-57)75-24-23-45-12-11-13-49(51(45)35-75)60(80)73-64-70-52-14-7-8-15-54(52)87-64/h7-8,11-15,17-22,33,37-38,41-43,47,53,59,78H,9-10,16,23-32,34-36H2,1-6H3,(H,69,81)(H,72,79)(H,74,82)(H,70,73,80)/t38?,41?,42?,43?,47-,53+,59?,66?/m1/s1. The van der Waals surface area contributed by atoms with Crippen LogP contribution in [0.25, 0.3) is 31.8 Å². The van der Waals surface area contributed by atoms with Crippen LogP contribution < -0.4 is 25.6 Å². The normalized spacial score (nSPS) is 22.1. The summed E-state index contributed by atoms with van der Waals surface area (Å²) in [5.41, 5.74) is 9.00. The van der Waals surface area contributed by atoms with E-state index in [-0.39, 0.29) is 49.2 Å². The van der Waals surface area contributed by atoms with Gasteiger partial charge in [0.05, 0.1) is 50.4 Å². The Bertz CT molecular complexity index is 3880. The first-order valence-electron chi connectivity index (χ1n) is 30.8. The molecular formula is C66H77N11O8S3. The first-order chi connectivity index (χ1) is 42.1. The Labute approximate surface area is 521 Å². The van der Waals surface area contributed by atoms with Gasteiger partial charge in [-0.15, -0.1) is 11.3 Å². The molecule has 19 nitrogen and oxygen atoms in total. The molecule has 22 heteroatoms. The van der Waals surface area contributed by atoms with Crippen LogP contribution in [0.1, 0.15) is 147 Å². The van der Waals surface area contributed by atoms with Gasteiger partial charge in [-0.1, -0.05) is 80.6 Å². The summed E-state index contributed by atoms with van der Waals surface area (Å²) in [6.45, 7) is 12.7. The van der Waals surface area contributed by atoms with E-state index >= 15 is 0 Å². The smallest absolute Gasteiger partial charge is 0.284 e. The molecule has 4 saturated carbocycles. The molecule has 1 saturated heterocycles. The Morgan fingerprint density at radius 2 is 1.58 bits per heavy atom. The number of aliphatic hydroxyl groups is 1. The Hall–Kier alpha value is -7.40. The van der Waals surface area contributed by atoms with Gasteiger partial charge in [0.25, 0.3) is 11.8 Å². The topological polar surface area (TPSA) is 251 Å². The number of para-hydroxylation sites is 1. The number of nitrogens with one attached hydrogen (secondary N) is 4. The van der Waals surface area contributed by atoms with Crippen LogP contribution in [0.4, 0.5) is 10.9 Å². The second-order valence-corrected chi connectivity index (χ2v) is 30.2. The summed E-state index contributed by atoms with van der Waals surface area (Å²) < 4.78 is 33.3. The number of aryl methyl sites for hydroxylation is 1. The number of hydrogen-bond donors (Lipinski definition) is 5. The molecule has 88 heavy (non-hydrogen) atoms. The molecule has 0 radical (unpaired) electrons. The molecule has 6 aliphatic rings. The third kappa shape index (κ3) is 12.9. The number of rotatable bonds is 19. The minimum Gasteiger partial charge on any atom is -0.391 e. The molecule has 5 amide bonds. The van der Waals surface area contributed by atoms with Crippen LogP contribution >= 0.6 is 22.7 Å². The van der Waals surface area contributed by atoms with Crippen molar-refractivity contribution in [2.45, 2.75) is 149 Å². The highest BCUT2D eigenvalue weighted by Crippen LogP contribution is 2.60. The lowest BCUT2D eigenvalue weighted by atomic mass is 9.49. The van der Waals surface area contributed by atoms with E-state index in [0.717, 1.165) is 73.0 Å². The van der Waals surface area contributed by atoms with E-state index in [4.69, 9.17) is 10.1 Å². The van der Waals surface area contributed by atoms with Gasteiger partial charge < -0.3 is 25.5 Å². The summed E-state index contributed by atoms with van der Waals surface area (Å²) in [5.74, 6) is -0.405. The lowest BCUT2D eigenvalue weighted by Gasteiger charge is -2.56. The van der Waals surface area contributed by atoms with Crippen molar-refractivity contribution in [2.24, 2.45) is 28.6 Å². The average Bonchev–Trinajstić information content (AvgIpc) is 1.44. The number of carbonyl (C=O) groups excluding carboxylic acids is 5. The van der Waals surface area contributed by atoms with Crippen molar-refractivity contribution in [3.63, 3.8) is 0 Å². The Morgan fingerprint density at radius 3 is 2.28 bits per heavy atom. The fraction of sp³-hybridized carbons (Fsp3) is 0.470. The number of thiazole rings is 2. The van der Waals surface area contributed by atoms with E-state index in [1.807, 2.05) is 98.5 Å². The molecule has 2 unspecified atom stereocenters. The lowest BCUT2D eigenvalue weighted by Crippen LogP contribution is -2.57. The number of fused-ring (bicyclic) bond motifs is 2. The van der Waals surface area contributed by atoms with Gasteiger partial charge in [0.1, 0.15) is 23.6 Å². The molecule has 5 N–H and O–H groups in total. The van der Waals surface area contributed by atoms with Gasteiger partial charge in [-0.05, 0) is 160 Å². The number of nitrogens with zero attached hydrogens (tertiary/aromatic N) is 7. The molecule has 4 aromatic heterocycles. The van der Waals surface area contributed by atoms with Crippen molar-refractivity contribution in [2.75, 3.05) is 29.1 Å². The number of likely N-dealkylation sites (tertiary alicyclic amines) is 1. The number of carbonyl (C=O) groups is 5. The molecule has 5 fully saturated rings. The highest BCUT2D eigenvalue weighted by molar-refractivity contribution is 7.90. The second kappa shape index (κ2) is 24.5. The molecule has 13 rings (SSSR count). The SMILES string of the molecule is Cc1ncsc1-c1ccc(C(C)NC(=O)[C@@H]2C[C@@H](O)CN2C(=O)C(NC(=O)CCCCS(=O)(=O)NC(=O)c2nc(N3CCc4cccc(C(=O)Nc5nc6ccccc6s5)c4C3)ccc2-c2cnn(CC34CC5CC(CC(C5)C3)C4)c2C)C(C)(C)C)cc1. The van der Waals surface area contributed by atoms with Crippen molar-refractivity contribution in [1.82, 2.24) is 45.0 Å².